The van der Waals surface area contributed by atoms with E-state index in [0.29, 0.717) is 6.29 Å². The van der Waals surface area contributed by atoms with Gasteiger partial charge in [0.05, 0.1) is 9.68 Å². The first-order chi connectivity index (χ1) is 7.74. The molecule has 0 aliphatic heterocycles. The molecule has 0 heterocycles. The molecule has 0 saturated heterocycles. The molecule has 0 aliphatic carbocycles. The van der Waals surface area contributed by atoms with Gasteiger partial charge in [-0.25, -0.2) is 0 Å². The van der Waals surface area contributed by atoms with Gasteiger partial charge in [0.25, 0.3) is 0 Å². The van der Waals surface area contributed by atoms with Crippen molar-refractivity contribution in [3.05, 3.63) is 0 Å². The van der Waals surface area contributed by atoms with Crippen LogP contribution in [0.3, 0.4) is 0 Å². The SMILES string of the molecule is CCC[SiH2]NC(N(CC)CC)N(CC)CC. The summed E-state index contributed by atoms with van der Waals surface area (Å²) < 4.78 is 0. The summed E-state index contributed by atoms with van der Waals surface area (Å²) in [7, 11) is -0.0924. The van der Waals surface area contributed by atoms with Crippen LogP contribution in [0.25, 0.3) is 0 Å². The van der Waals surface area contributed by atoms with Crippen LogP contribution in [-0.4, -0.2) is 51.9 Å². The van der Waals surface area contributed by atoms with E-state index >= 15 is 0 Å². The molecule has 0 saturated carbocycles. The Labute approximate surface area is 104 Å². The zero-order valence-corrected chi connectivity index (χ0v) is 13.3. The molecule has 0 aromatic carbocycles. The summed E-state index contributed by atoms with van der Waals surface area (Å²) in [6.07, 6.45) is 1.80. The van der Waals surface area contributed by atoms with Crippen LogP contribution in [0.15, 0.2) is 0 Å². The standard InChI is InChI=1S/C12H31N3Si/c1-6-11-16-13-12(14(7-2)8-3)15(9-4)10-5/h12-13H,6-11,16H2,1-5H3. The van der Waals surface area contributed by atoms with Gasteiger partial charge in [-0.1, -0.05) is 47.1 Å². The predicted molar refractivity (Wildman–Crippen MR) is 76.4 cm³/mol. The number of hydrogen-bond acceptors (Lipinski definition) is 3. The van der Waals surface area contributed by atoms with Crippen LogP contribution in [0.2, 0.25) is 6.04 Å². The molecular formula is C12H31N3Si. The molecule has 0 amide bonds. The van der Waals surface area contributed by atoms with Gasteiger partial charge in [-0.15, -0.1) is 0 Å². The molecule has 0 radical (unpaired) electrons. The third-order valence-electron chi connectivity index (χ3n) is 3.17. The number of nitrogens with zero attached hydrogens (tertiary/aromatic N) is 2. The third kappa shape index (κ3) is 5.43. The van der Waals surface area contributed by atoms with Crippen molar-refractivity contribution in [2.75, 3.05) is 26.2 Å². The van der Waals surface area contributed by atoms with Crippen LogP contribution in [0.5, 0.6) is 0 Å². The lowest BCUT2D eigenvalue weighted by Gasteiger charge is -2.38. The van der Waals surface area contributed by atoms with E-state index in [-0.39, 0.29) is 9.68 Å². The Morgan fingerprint density at radius 3 is 1.62 bits per heavy atom. The van der Waals surface area contributed by atoms with Gasteiger partial charge in [-0.05, 0) is 26.2 Å². The summed E-state index contributed by atoms with van der Waals surface area (Å²) >= 11 is 0. The molecule has 4 heteroatoms. The van der Waals surface area contributed by atoms with Gasteiger partial charge in [0.1, 0.15) is 6.29 Å². The molecule has 0 bridgehead atoms. The highest BCUT2D eigenvalue weighted by molar-refractivity contribution is 6.32. The van der Waals surface area contributed by atoms with Crippen molar-refractivity contribution in [3.63, 3.8) is 0 Å². The smallest absolute Gasteiger partial charge is 0.110 e. The number of nitrogens with one attached hydrogen (secondary N) is 1. The minimum absolute atomic E-state index is 0.0924. The van der Waals surface area contributed by atoms with Crippen molar-refractivity contribution >= 4 is 9.68 Å². The Hall–Kier alpha value is 0.0969. The summed E-state index contributed by atoms with van der Waals surface area (Å²) in [4.78, 5) is 8.86. The van der Waals surface area contributed by atoms with Crippen molar-refractivity contribution < 1.29 is 0 Å². The van der Waals surface area contributed by atoms with Gasteiger partial charge in [0.2, 0.25) is 0 Å². The second-order valence-corrected chi connectivity index (χ2v) is 5.74. The lowest BCUT2D eigenvalue weighted by Crippen LogP contribution is -2.57. The summed E-state index contributed by atoms with van der Waals surface area (Å²) in [5, 5.41) is 0. The fourth-order valence-corrected chi connectivity index (χ4v) is 3.37. The first-order valence-corrected chi connectivity index (χ1v) is 8.67. The minimum atomic E-state index is -0.0924. The van der Waals surface area contributed by atoms with Crippen molar-refractivity contribution in [1.82, 2.24) is 14.8 Å². The molecule has 98 valence electrons. The highest BCUT2D eigenvalue weighted by Gasteiger charge is 2.19. The van der Waals surface area contributed by atoms with Gasteiger partial charge < -0.3 is 4.98 Å². The first kappa shape index (κ1) is 16.1. The fraction of sp³-hybridized carbons (Fsp3) is 1.00. The van der Waals surface area contributed by atoms with E-state index in [9.17, 15) is 0 Å². The Morgan fingerprint density at radius 2 is 1.31 bits per heavy atom. The van der Waals surface area contributed by atoms with Gasteiger partial charge >= 0.3 is 0 Å². The Bertz CT molecular complexity index is 135. The lowest BCUT2D eigenvalue weighted by atomic mass is 10.4. The maximum absolute atomic E-state index is 3.82. The molecule has 1 N–H and O–H groups in total. The summed E-state index contributed by atoms with van der Waals surface area (Å²) in [5.74, 6) is 0. The summed E-state index contributed by atoms with van der Waals surface area (Å²) in [5.41, 5.74) is 0. The minimum Gasteiger partial charge on any atom is -0.316 e. The highest BCUT2D eigenvalue weighted by Crippen LogP contribution is 2.03. The van der Waals surface area contributed by atoms with Gasteiger partial charge in [-0.2, -0.15) is 0 Å². The monoisotopic (exact) mass is 245 g/mol. The zero-order valence-electron chi connectivity index (χ0n) is 11.9. The van der Waals surface area contributed by atoms with Crippen molar-refractivity contribution in [1.29, 1.82) is 0 Å². The maximum atomic E-state index is 3.82. The van der Waals surface area contributed by atoms with E-state index in [4.69, 9.17) is 0 Å². The van der Waals surface area contributed by atoms with Gasteiger partial charge in [0.15, 0.2) is 0 Å². The van der Waals surface area contributed by atoms with Crippen LogP contribution in [0.1, 0.15) is 41.0 Å². The molecule has 0 rings (SSSR count). The summed E-state index contributed by atoms with van der Waals surface area (Å²) in [6.45, 7) is 15.8. The largest absolute Gasteiger partial charge is 0.316 e. The van der Waals surface area contributed by atoms with Crippen LogP contribution < -0.4 is 4.98 Å². The lowest BCUT2D eigenvalue weighted by molar-refractivity contribution is 0.0478. The molecule has 0 aliphatic rings. The van der Waals surface area contributed by atoms with Gasteiger partial charge in [-0.3, -0.25) is 9.80 Å². The highest BCUT2D eigenvalue weighted by atomic mass is 28.2. The third-order valence-corrected chi connectivity index (χ3v) is 4.89. The molecule has 0 atom stereocenters. The number of hydrogen-bond donors (Lipinski definition) is 1. The average Bonchev–Trinajstić information content (AvgIpc) is 2.31. The Balaban J connectivity index is 4.34. The molecule has 0 aromatic rings. The van der Waals surface area contributed by atoms with Crippen molar-refractivity contribution in [2.24, 2.45) is 0 Å². The van der Waals surface area contributed by atoms with Crippen molar-refractivity contribution in [2.45, 2.75) is 53.4 Å². The second-order valence-electron chi connectivity index (χ2n) is 4.12. The van der Waals surface area contributed by atoms with Crippen LogP contribution >= 0.6 is 0 Å². The van der Waals surface area contributed by atoms with E-state index in [1.165, 1.54) is 12.5 Å². The molecule has 0 spiro atoms. The topological polar surface area (TPSA) is 18.5 Å². The molecule has 0 aromatic heterocycles. The van der Waals surface area contributed by atoms with E-state index in [1.54, 1.807) is 0 Å². The van der Waals surface area contributed by atoms with Crippen molar-refractivity contribution in [3.8, 4) is 0 Å². The predicted octanol–water partition coefficient (Wildman–Crippen LogP) is 1.46. The van der Waals surface area contributed by atoms with Crippen LogP contribution in [0.4, 0.5) is 0 Å². The van der Waals surface area contributed by atoms with E-state index in [0.717, 1.165) is 26.2 Å². The second kappa shape index (κ2) is 10.3. The average molecular weight is 245 g/mol. The maximum Gasteiger partial charge on any atom is 0.110 e. The molecular weight excluding hydrogens is 214 g/mol. The first-order valence-electron chi connectivity index (χ1n) is 6.96. The fourth-order valence-electron chi connectivity index (χ4n) is 2.04. The Morgan fingerprint density at radius 1 is 0.875 bits per heavy atom. The summed E-state index contributed by atoms with van der Waals surface area (Å²) in [6, 6.07) is 1.40. The van der Waals surface area contributed by atoms with Gasteiger partial charge in [0, 0.05) is 0 Å². The van der Waals surface area contributed by atoms with E-state index in [1.807, 2.05) is 0 Å². The molecule has 0 unspecified atom stereocenters. The van der Waals surface area contributed by atoms with E-state index < -0.39 is 0 Å². The number of rotatable bonds is 10. The van der Waals surface area contributed by atoms with Crippen LogP contribution in [0, 0.1) is 0 Å². The molecule has 3 nitrogen and oxygen atoms in total. The van der Waals surface area contributed by atoms with E-state index in [2.05, 4.69) is 49.4 Å². The quantitative estimate of drug-likeness (QED) is 0.357. The molecule has 0 fully saturated rings. The van der Waals surface area contributed by atoms with Crippen LogP contribution in [-0.2, 0) is 0 Å². The normalized spacial score (nSPS) is 12.8. The molecule has 16 heavy (non-hydrogen) atoms. The zero-order chi connectivity index (χ0) is 12.4. The Kier molecular flexibility index (Phi) is 10.3.